The highest BCUT2D eigenvalue weighted by atomic mass is 19.4. The second kappa shape index (κ2) is 3.81. The predicted octanol–water partition coefficient (Wildman–Crippen LogP) is 2.63. The lowest BCUT2D eigenvalue weighted by Crippen LogP contribution is -2.15. The van der Waals surface area contributed by atoms with Crippen LogP contribution in [-0.4, -0.2) is 12.3 Å². The van der Waals surface area contributed by atoms with Crippen LogP contribution in [0.1, 0.15) is 17.5 Å². The first-order valence-corrected chi connectivity index (χ1v) is 4.91. The van der Waals surface area contributed by atoms with Crippen LogP contribution in [0.15, 0.2) is 18.2 Å². The maximum Gasteiger partial charge on any atom is 0.416 e. The molecule has 5 heteroatoms. The molecule has 2 rings (SSSR count). The lowest BCUT2D eigenvalue weighted by Gasteiger charge is -2.09. The fraction of sp³-hybridized carbons (Fsp3) is 0.364. The maximum atomic E-state index is 12.4. The van der Waals surface area contributed by atoms with E-state index in [1.54, 1.807) is 0 Å². The molecule has 86 valence electrons. The van der Waals surface area contributed by atoms with Gasteiger partial charge in [0.15, 0.2) is 0 Å². The van der Waals surface area contributed by atoms with Crippen molar-refractivity contribution in [3.8, 4) is 0 Å². The summed E-state index contributed by atoms with van der Waals surface area (Å²) in [5.41, 5.74) is 0.659. The van der Waals surface area contributed by atoms with E-state index in [1.165, 1.54) is 6.07 Å². The Kier molecular flexibility index (Phi) is 2.61. The molecule has 1 aromatic rings. The monoisotopic (exact) mass is 229 g/mol. The lowest BCUT2D eigenvalue weighted by molar-refractivity contribution is -0.137. The van der Waals surface area contributed by atoms with E-state index in [1.807, 2.05) is 0 Å². The number of aldehydes is 1. The van der Waals surface area contributed by atoms with E-state index in [0.29, 0.717) is 18.5 Å². The molecule has 2 nitrogen and oxygen atoms in total. The largest absolute Gasteiger partial charge is 0.416 e. The van der Waals surface area contributed by atoms with Gasteiger partial charge >= 0.3 is 6.18 Å². The normalized spacial score (nSPS) is 19.1. The van der Waals surface area contributed by atoms with Gasteiger partial charge in [0.25, 0.3) is 0 Å². The highest BCUT2D eigenvalue weighted by Gasteiger charge is 2.32. The van der Waals surface area contributed by atoms with E-state index in [0.717, 1.165) is 24.0 Å². The number of rotatable bonds is 2. The van der Waals surface area contributed by atoms with Crippen LogP contribution < -0.4 is 5.32 Å². The summed E-state index contributed by atoms with van der Waals surface area (Å²) in [5.74, 6) is 0. The Morgan fingerprint density at radius 1 is 1.44 bits per heavy atom. The molecule has 0 fully saturated rings. The van der Waals surface area contributed by atoms with Crippen molar-refractivity contribution in [3.05, 3.63) is 29.3 Å². The third kappa shape index (κ3) is 2.03. The highest BCUT2D eigenvalue weighted by molar-refractivity contribution is 5.62. The summed E-state index contributed by atoms with van der Waals surface area (Å²) in [6.45, 7) is 0. The first-order chi connectivity index (χ1) is 7.50. The third-order valence-electron chi connectivity index (χ3n) is 2.64. The van der Waals surface area contributed by atoms with E-state index in [9.17, 15) is 18.0 Å². The molecule has 1 N–H and O–H groups in total. The van der Waals surface area contributed by atoms with Crippen molar-refractivity contribution in [2.24, 2.45) is 0 Å². The van der Waals surface area contributed by atoms with E-state index < -0.39 is 11.7 Å². The Hall–Kier alpha value is -1.52. The van der Waals surface area contributed by atoms with Gasteiger partial charge in [-0.25, -0.2) is 0 Å². The second-order valence-corrected chi connectivity index (χ2v) is 3.82. The number of carbonyl (C=O) groups excluding carboxylic acids is 1. The molecule has 1 unspecified atom stereocenters. The summed E-state index contributed by atoms with van der Waals surface area (Å²) in [6, 6.07) is 3.57. The van der Waals surface area contributed by atoms with Gasteiger partial charge in [-0.3, -0.25) is 0 Å². The zero-order valence-electron chi connectivity index (χ0n) is 8.34. The van der Waals surface area contributed by atoms with Gasteiger partial charge in [0.05, 0.1) is 5.56 Å². The Morgan fingerprint density at radius 3 is 2.81 bits per heavy atom. The van der Waals surface area contributed by atoms with E-state index >= 15 is 0 Å². The van der Waals surface area contributed by atoms with E-state index in [-0.39, 0.29) is 6.04 Å². The van der Waals surface area contributed by atoms with Crippen LogP contribution in [0.2, 0.25) is 0 Å². The van der Waals surface area contributed by atoms with Crippen molar-refractivity contribution in [1.82, 2.24) is 0 Å². The fourth-order valence-electron chi connectivity index (χ4n) is 1.86. The zero-order valence-corrected chi connectivity index (χ0v) is 8.34. The molecule has 0 aliphatic carbocycles. The van der Waals surface area contributed by atoms with Crippen LogP contribution in [0.25, 0.3) is 0 Å². The molecule has 16 heavy (non-hydrogen) atoms. The summed E-state index contributed by atoms with van der Waals surface area (Å²) in [7, 11) is 0. The molecule has 1 aliphatic rings. The van der Waals surface area contributed by atoms with Crippen molar-refractivity contribution in [1.29, 1.82) is 0 Å². The standard InChI is InChI=1S/C11H10F3NO/c12-11(13,14)8-2-1-7-5-9(3-4-16)15-10(7)6-8/h1-2,4,6,9,15H,3,5H2. The Balaban J connectivity index is 2.24. The fourth-order valence-corrected chi connectivity index (χ4v) is 1.86. The molecule has 1 atom stereocenters. The molecule has 0 bridgehead atoms. The first kappa shape index (κ1) is 11.0. The molecule has 1 aliphatic heterocycles. The summed E-state index contributed by atoms with van der Waals surface area (Å²) in [5, 5.41) is 2.92. The van der Waals surface area contributed by atoms with Crippen LogP contribution in [0.3, 0.4) is 0 Å². The maximum absolute atomic E-state index is 12.4. The third-order valence-corrected chi connectivity index (χ3v) is 2.64. The van der Waals surface area contributed by atoms with E-state index in [4.69, 9.17) is 0 Å². The molecule has 0 radical (unpaired) electrons. The number of hydrogen-bond donors (Lipinski definition) is 1. The number of hydrogen-bond acceptors (Lipinski definition) is 2. The average Bonchev–Trinajstić information content (AvgIpc) is 2.57. The van der Waals surface area contributed by atoms with Gasteiger partial charge in [-0.1, -0.05) is 6.07 Å². The Labute approximate surface area is 90.5 Å². The molecular formula is C11H10F3NO. The topological polar surface area (TPSA) is 29.1 Å². The highest BCUT2D eigenvalue weighted by Crippen LogP contribution is 2.35. The predicted molar refractivity (Wildman–Crippen MR) is 53.2 cm³/mol. The SMILES string of the molecule is O=CCC1Cc2ccc(C(F)(F)F)cc2N1. The molecule has 1 aromatic carbocycles. The molecule has 0 amide bonds. The molecular weight excluding hydrogens is 219 g/mol. The molecule has 0 spiro atoms. The van der Waals surface area contributed by atoms with Gasteiger partial charge in [0, 0.05) is 18.2 Å². The van der Waals surface area contributed by atoms with Crippen LogP contribution in [0, 0.1) is 0 Å². The van der Waals surface area contributed by atoms with Crippen molar-refractivity contribution >= 4 is 12.0 Å². The number of benzene rings is 1. The van der Waals surface area contributed by atoms with Gasteiger partial charge in [-0.05, 0) is 24.1 Å². The van der Waals surface area contributed by atoms with Gasteiger partial charge in [-0.2, -0.15) is 13.2 Å². The first-order valence-electron chi connectivity index (χ1n) is 4.91. The summed E-state index contributed by atoms with van der Waals surface area (Å²) in [6.07, 6.45) is -2.63. The summed E-state index contributed by atoms with van der Waals surface area (Å²) >= 11 is 0. The molecule has 1 heterocycles. The van der Waals surface area contributed by atoms with Crippen molar-refractivity contribution in [2.45, 2.75) is 25.1 Å². The minimum atomic E-state index is -4.32. The quantitative estimate of drug-likeness (QED) is 0.790. The number of nitrogens with one attached hydrogen (secondary N) is 1. The summed E-state index contributed by atoms with van der Waals surface area (Å²) in [4.78, 5) is 10.3. The van der Waals surface area contributed by atoms with Crippen molar-refractivity contribution in [3.63, 3.8) is 0 Å². The number of alkyl halides is 3. The summed E-state index contributed by atoms with van der Waals surface area (Å²) < 4.78 is 37.3. The zero-order chi connectivity index (χ0) is 11.8. The van der Waals surface area contributed by atoms with Crippen LogP contribution in [0.4, 0.5) is 18.9 Å². The van der Waals surface area contributed by atoms with E-state index in [2.05, 4.69) is 5.32 Å². The minimum absolute atomic E-state index is 0.0732. The van der Waals surface area contributed by atoms with Crippen LogP contribution >= 0.6 is 0 Å². The van der Waals surface area contributed by atoms with Crippen molar-refractivity contribution in [2.75, 3.05) is 5.32 Å². The van der Waals surface area contributed by atoms with Crippen LogP contribution in [0.5, 0.6) is 0 Å². The Morgan fingerprint density at radius 2 is 2.19 bits per heavy atom. The smallest absolute Gasteiger partial charge is 0.381 e. The van der Waals surface area contributed by atoms with Gasteiger partial charge < -0.3 is 10.1 Å². The lowest BCUT2D eigenvalue weighted by atomic mass is 10.1. The van der Waals surface area contributed by atoms with Gasteiger partial charge in [0.1, 0.15) is 6.29 Å². The average molecular weight is 229 g/mol. The second-order valence-electron chi connectivity index (χ2n) is 3.82. The molecule has 0 aromatic heterocycles. The Bertz CT molecular complexity index is 414. The molecule has 0 saturated heterocycles. The molecule has 0 saturated carbocycles. The minimum Gasteiger partial charge on any atom is -0.381 e. The number of carbonyl (C=O) groups is 1. The van der Waals surface area contributed by atoms with Gasteiger partial charge in [0.2, 0.25) is 0 Å². The van der Waals surface area contributed by atoms with Gasteiger partial charge in [-0.15, -0.1) is 0 Å². The van der Waals surface area contributed by atoms with Crippen molar-refractivity contribution < 1.29 is 18.0 Å². The number of halogens is 3. The van der Waals surface area contributed by atoms with Crippen LogP contribution in [-0.2, 0) is 17.4 Å². The number of fused-ring (bicyclic) bond motifs is 1. The number of anilines is 1.